The molecule has 0 spiro atoms. The molecule has 100 valence electrons. The van der Waals surface area contributed by atoms with Gasteiger partial charge in [-0.25, -0.2) is 0 Å². The van der Waals surface area contributed by atoms with Crippen LogP contribution < -0.4 is 4.57 Å². The smallest absolute Gasteiger partial charge is 0.178 e. The summed E-state index contributed by atoms with van der Waals surface area (Å²) in [6, 6.07) is 6.36. The fraction of sp³-hybridized carbons (Fsp3) is 0.389. The van der Waals surface area contributed by atoms with Gasteiger partial charge in [0.15, 0.2) is 18.4 Å². The van der Waals surface area contributed by atoms with Crippen LogP contribution in [0.5, 0.6) is 0 Å². The van der Waals surface area contributed by atoms with E-state index in [1.54, 1.807) is 0 Å². The Morgan fingerprint density at radius 1 is 0.737 bits per heavy atom. The van der Waals surface area contributed by atoms with Gasteiger partial charge in [-0.15, -0.1) is 0 Å². The predicted octanol–water partition coefficient (Wildman–Crippen LogP) is 3.87. The first kappa shape index (κ1) is 13.8. The van der Waals surface area contributed by atoms with E-state index in [9.17, 15) is 0 Å². The molecule has 1 heteroatoms. The van der Waals surface area contributed by atoms with Crippen molar-refractivity contribution in [3.8, 4) is 0 Å². The summed E-state index contributed by atoms with van der Waals surface area (Å²) >= 11 is 0. The van der Waals surface area contributed by atoms with E-state index in [1.807, 2.05) is 0 Å². The zero-order chi connectivity index (χ0) is 14.2. The molecule has 0 unspecified atom stereocenters. The average Bonchev–Trinajstić information content (AvgIpc) is 2.41. The van der Waals surface area contributed by atoms with Crippen LogP contribution in [0.4, 0.5) is 0 Å². The number of hydrogen-bond donors (Lipinski definition) is 0. The van der Waals surface area contributed by atoms with Crippen molar-refractivity contribution < 1.29 is 4.57 Å². The molecule has 0 radical (unpaired) electrons. The number of aromatic nitrogens is 1. The highest BCUT2D eigenvalue weighted by Gasteiger charge is 2.16. The number of benzene rings is 1. The average molecular weight is 254 g/mol. The number of nitrogens with zero attached hydrogens (tertiary/aromatic N) is 1. The topological polar surface area (TPSA) is 3.88 Å². The van der Waals surface area contributed by atoms with Crippen LogP contribution in [-0.2, 0) is 6.54 Å². The van der Waals surface area contributed by atoms with E-state index < -0.39 is 0 Å². The maximum absolute atomic E-state index is 2.32. The van der Waals surface area contributed by atoms with Gasteiger partial charge in [0.25, 0.3) is 0 Å². The molecule has 0 saturated carbocycles. The van der Waals surface area contributed by atoms with Crippen molar-refractivity contribution in [1.82, 2.24) is 0 Å². The molecule has 0 fully saturated rings. The van der Waals surface area contributed by atoms with Crippen molar-refractivity contribution >= 4 is 0 Å². The van der Waals surface area contributed by atoms with Gasteiger partial charge >= 0.3 is 0 Å². The van der Waals surface area contributed by atoms with Gasteiger partial charge in [0, 0.05) is 24.6 Å². The van der Waals surface area contributed by atoms with Crippen LogP contribution in [-0.4, -0.2) is 0 Å². The lowest BCUT2D eigenvalue weighted by atomic mass is 9.89. The Bertz CT molecular complexity index is 595. The molecule has 19 heavy (non-hydrogen) atoms. The molecule has 1 heterocycles. The van der Waals surface area contributed by atoms with Gasteiger partial charge in [0.05, 0.1) is 0 Å². The number of rotatable bonds is 2. The van der Waals surface area contributed by atoms with Crippen molar-refractivity contribution in [2.75, 3.05) is 0 Å². The van der Waals surface area contributed by atoms with Gasteiger partial charge in [0.1, 0.15) is 0 Å². The molecule has 2 aromatic rings. The SMILES string of the molecule is Cc1c(C)c(C)c(C[n+]2ccccc2C)c(C)c1C. The van der Waals surface area contributed by atoms with E-state index in [-0.39, 0.29) is 0 Å². The fourth-order valence-corrected chi connectivity index (χ4v) is 2.72. The van der Waals surface area contributed by atoms with E-state index in [0.717, 1.165) is 6.54 Å². The van der Waals surface area contributed by atoms with Crippen LogP contribution in [0, 0.1) is 41.5 Å². The van der Waals surface area contributed by atoms with E-state index in [0.29, 0.717) is 0 Å². The van der Waals surface area contributed by atoms with Crippen molar-refractivity contribution in [2.45, 2.75) is 48.1 Å². The Kier molecular flexibility index (Phi) is 3.75. The lowest BCUT2D eigenvalue weighted by Crippen LogP contribution is -2.37. The van der Waals surface area contributed by atoms with Gasteiger partial charge in [-0.05, 0) is 62.4 Å². The molecule has 1 aromatic heterocycles. The zero-order valence-electron chi connectivity index (χ0n) is 13.0. The molecule has 2 rings (SSSR count). The summed E-state index contributed by atoms with van der Waals surface area (Å²) in [6.07, 6.45) is 2.17. The molecule has 1 aromatic carbocycles. The third kappa shape index (κ3) is 2.42. The Morgan fingerprint density at radius 3 is 1.79 bits per heavy atom. The molecule has 1 nitrogen and oxygen atoms in total. The summed E-state index contributed by atoms with van der Waals surface area (Å²) in [5.41, 5.74) is 9.97. The van der Waals surface area contributed by atoms with Crippen molar-refractivity contribution in [3.63, 3.8) is 0 Å². The zero-order valence-corrected chi connectivity index (χ0v) is 13.0. The summed E-state index contributed by atoms with van der Waals surface area (Å²) in [6.45, 7) is 14.3. The van der Waals surface area contributed by atoms with Gasteiger partial charge in [-0.1, -0.05) is 6.07 Å². The molecule has 0 aliphatic heterocycles. The maximum atomic E-state index is 2.32. The van der Waals surface area contributed by atoms with Gasteiger partial charge < -0.3 is 0 Å². The third-order valence-corrected chi connectivity index (χ3v) is 4.65. The minimum Gasteiger partial charge on any atom is -0.198 e. The van der Waals surface area contributed by atoms with Crippen LogP contribution in [0.3, 0.4) is 0 Å². The molecule has 0 bridgehead atoms. The van der Waals surface area contributed by atoms with Crippen LogP contribution in [0.2, 0.25) is 0 Å². The largest absolute Gasteiger partial charge is 0.198 e. The lowest BCUT2D eigenvalue weighted by Gasteiger charge is -2.17. The van der Waals surface area contributed by atoms with Crippen molar-refractivity contribution in [2.24, 2.45) is 0 Å². The maximum Gasteiger partial charge on any atom is 0.178 e. The molecular weight excluding hydrogens is 230 g/mol. The molecule has 0 atom stereocenters. The summed E-state index contributed by atoms with van der Waals surface area (Å²) in [5.74, 6) is 0. The second-order valence-corrected chi connectivity index (χ2v) is 5.57. The predicted molar refractivity (Wildman–Crippen MR) is 80.6 cm³/mol. The Labute approximate surface area is 116 Å². The van der Waals surface area contributed by atoms with E-state index in [4.69, 9.17) is 0 Å². The number of hydrogen-bond acceptors (Lipinski definition) is 0. The van der Waals surface area contributed by atoms with Crippen molar-refractivity contribution in [1.29, 1.82) is 0 Å². The van der Waals surface area contributed by atoms with Crippen LogP contribution >= 0.6 is 0 Å². The minimum absolute atomic E-state index is 0.965. The highest BCUT2D eigenvalue weighted by molar-refractivity contribution is 5.49. The molecule has 0 aliphatic carbocycles. The normalized spacial score (nSPS) is 10.8. The summed E-state index contributed by atoms with van der Waals surface area (Å²) in [7, 11) is 0. The number of aryl methyl sites for hydroxylation is 1. The first-order valence-electron chi connectivity index (χ1n) is 6.94. The third-order valence-electron chi connectivity index (χ3n) is 4.65. The first-order valence-corrected chi connectivity index (χ1v) is 6.94. The second-order valence-electron chi connectivity index (χ2n) is 5.57. The monoisotopic (exact) mass is 254 g/mol. The Hall–Kier alpha value is -1.63. The molecule has 0 saturated heterocycles. The van der Waals surface area contributed by atoms with Crippen LogP contribution in [0.25, 0.3) is 0 Å². The number of pyridine rings is 1. The summed E-state index contributed by atoms with van der Waals surface area (Å²) in [5, 5.41) is 0. The first-order chi connectivity index (χ1) is 8.93. The highest BCUT2D eigenvalue weighted by atomic mass is 14.9. The van der Waals surface area contributed by atoms with E-state index in [2.05, 4.69) is 70.5 Å². The second kappa shape index (κ2) is 5.16. The molecule has 0 N–H and O–H groups in total. The van der Waals surface area contributed by atoms with E-state index >= 15 is 0 Å². The highest BCUT2D eigenvalue weighted by Crippen LogP contribution is 2.25. The van der Waals surface area contributed by atoms with Gasteiger partial charge in [0.2, 0.25) is 0 Å². The van der Waals surface area contributed by atoms with Crippen molar-refractivity contribution in [3.05, 3.63) is 63.5 Å². The van der Waals surface area contributed by atoms with Crippen LogP contribution in [0.15, 0.2) is 24.4 Å². The van der Waals surface area contributed by atoms with Crippen LogP contribution in [0.1, 0.15) is 39.1 Å². The summed E-state index contributed by atoms with van der Waals surface area (Å²) < 4.78 is 2.32. The Morgan fingerprint density at radius 2 is 1.26 bits per heavy atom. The minimum atomic E-state index is 0.965. The molecule has 0 aliphatic rings. The quantitative estimate of drug-likeness (QED) is 0.716. The van der Waals surface area contributed by atoms with Gasteiger partial charge in [-0.2, -0.15) is 4.57 Å². The standard InChI is InChI=1S/C18H24N/c1-12-9-7-8-10-19(12)11-18-16(5)14(3)13(2)15(4)17(18)6/h7-10H,11H2,1-6H3/q+1. The molecule has 0 amide bonds. The Balaban J connectivity index is 2.56. The fourth-order valence-electron chi connectivity index (χ4n) is 2.72. The molecular formula is C18H24N+. The van der Waals surface area contributed by atoms with Gasteiger partial charge in [-0.3, -0.25) is 0 Å². The lowest BCUT2D eigenvalue weighted by molar-refractivity contribution is -0.694. The van der Waals surface area contributed by atoms with E-state index in [1.165, 1.54) is 39.1 Å². The summed E-state index contributed by atoms with van der Waals surface area (Å²) in [4.78, 5) is 0.